The van der Waals surface area contributed by atoms with Crippen LogP contribution in [0, 0.1) is 12.3 Å². The molecule has 0 saturated carbocycles. The zero-order valence-corrected chi connectivity index (χ0v) is 16.2. The van der Waals surface area contributed by atoms with Gasteiger partial charge < -0.3 is 30.3 Å². The van der Waals surface area contributed by atoms with E-state index in [4.69, 9.17) is 6.42 Å². The summed E-state index contributed by atoms with van der Waals surface area (Å²) in [5.41, 5.74) is 1.09. The van der Waals surface area contributed by atoms with E-state index in [1.54, 1.807) is 0 Å². The number of terminal acetylenes is 1. The van der Waals surface area contributed by atoms with Gasteiger partial charge in [-0.2, -0.15) is 18.1 Å². The molecule has 0 aromatic heterocycles. The second-order valence-electron chi connectivity index (χ2n) is 5.67. The molecule has 145 valence electrons. The quantitative estimate of drug-likeness (QED) is 0.155. The summed E-state index contributed by atoms with van der Waals surface area (Å²) in [6.07, 6.45) is 5.36. The predicted octanol–water partition coefficient (Wildman–Crippen LogP) is 6.72. The van der Waals surface area contributed by atoms with E-state index in [9.17, 15) is 25.2 Å². The average Bonchev–Trinajstić information content (AvgIpc) is 2.98. The Labute approximate surface area is 149 Å². The summed E-state index contributed by atoms with van der Waals surface area (Å²) in [5.74, 6) is 2.72. The molecule has 1 radical (unpaired) electrons. The van der Waals surface area contributed by atoms with Crippen LogP contribution in [0.15, 0.2) is 48.5 Å². The van der Waals surface area contributed by atoms with E-state index < -0.39 is 15.9 Å². The van der Waals surface area contributed by atoms with Gasteiger partial charge in [-0.15, -0.1) is 11.3 Å². The van der Waals surface area contributed by atoms with Gasteiger partial charge in [-0.3, -0.25) is 0 Å². The molecule has 0 saturated heterocycles. The van der Waals surface area contributed by atoms with Crippen molar-refractivity contribution in [3.05, 3.63) is 54.1 Å². The Morgan fingerprint density at radius 1 is 0.958 bits per heavy atom. The molecule has 0 amide bonds. The zero-order valence-electron chi connectivity index (χ0n) is 13.2. The topological polar surface area (TPSA) is 0 Å². The fraction of sp³-hybridized carbons (Fsp3) is 0.200. The second kappa shape index (κ2) is 7.92. The molecule has 2 aromatic carbocycles. The normalized spacial score (nSPS) is 13.5. The van der Waals surface area contributed by atoms with Crippen LogP contribution < -0.4 is 5.19 Å². The maximum absolute atomic E-state index is 10.7. The van der Waals surface area contributed by atoms with Gasteiger partial charge in [0.15, 0.2) is 0 Å². The van der Waals surface area contributed by atoms with Crippen LogP contribution in [0.25, 0.3) is 0 Å². The van der Waals surface area contributed by atoms with E-state index in [-0.39, 0.29) is 16.8 Å². The molecule has 0 aliphatic carbocycles. The molecule has 0 atom stereocenters. The van der Waals surface area contributed by atoms with E-state index >= 15 is 0 Å². The van der Waals surface area contributed by atoms with Crippen molar-refractivity contribution in [2.24, 2.45) is 0 Å². The van der Waals surface area contributed by atoms with E-state index in [0.717, 1.165) is 5.56 Å². The molecule has 0 bridgehead atoms. The van der Waals surface area contributed by atoms with Crippen LogP contribution in [0.2, 0.25) is 19.6 Å². The standard InChI is InChI=1S/C10H13Si.C5H5.Co.F6P/c1-5-9-7-6-8-10(9)11(2,3)4;1-2-4-5-3-1;;1-7(2,3,4,5)6/h1,6-8H,2-4H3;1-5H;;/q-1;-5;;-1. The SMILES string of the molecule is C#C[c-]1cccc1[Si](C)(C)C.F[P-](F)(F)(F)(F)F.[Co].[cH-]1[cH-][cH-][cH-][cH-]1. The van der Waals surface area contributed by atoms with Crippen LogP contribution in [-0.4, -0.2) is 8.07 Å². The van der Waals surface area contributed by atoms with Gasteiger partial charge in [0.25, 0.3) is 0 Å². The Balaban J connectivity index is 0. The molecule has 0 aliphatic heterocycles. The fourth-order valence-electron chi connectivity index (χ4n) is 1.52. The van der Waals surface area contributed by atoms with Crippen molar-refractivity contribution in [3.63, 3.8) is 0 Å². The Morgan fingerprint density at radius 2 is 1.29 bits per heavy atom. The van der Waals surface area contributed by atoms with Crippen molar-refractivity contribution < 1.29 is 42.0 Å². The third kappa shape index (κ3) is 17.3. The molecule has 0 fully saturated rings. The van der Waals surface area contributed by atoms with E-state index in [1.807, 2.05) is 42.5 Å². The van der Waals surface area contributed by atoms with Crippen molar-refractivity contribution in [1.29, 1.82) is 0 Å². The first-order chi connectivity index (χ1) is 10.0. The van der Waals surface area contributed by atoms with Gasteiger partial charge in [-0.05, 0) is 0 Å². The molecule has 0 spiro atoms. The van der Waals surface area contributed by atoms with Gasteiger partial charge in [0.2, 0.25) is 0 Å². The molecule has 0 heterocycles. The molecular formula is C15H18CoF6PSi-7. The smallest absolute Gasteiger partial charge is 0 e. The largest absolute Gasteiger partial charge is 0.748 e. The second-order valence-corrected chi connectivity index (χ2v) is 12.6. The summed E-state index contributed by atoms with van der Waals surface area (Å²) >= 11 is 0. The maximum Gasteiger partial charge on any atom is 0 e. The molecule has 24 heavy (non-hydrogen) atoms. The minimum atomic E-state index is -10.7. The van der Waals surface area contributed by atoms with Crippen molar-refractivity contribution >= 4 is 21.1 Å². The van der Waals surface area contributed by atoms with Gasteiger partial charge in [-0.1, -0.05) is 25.2 Å². The average molecular weight is 430 g/mol. The number of halogens is 6. The molecular weight excluding hydrogens is 412 g/mol. The van der Waals surface area contributed by atoms with Crippen molar-refractivity contribution in [1.82, 2.24) is 0 Å². The molecule has 0 N–H and O–H groups in total. The third-order valence-corrected chi connectivity index (χ3v) is 4.39. The number of hydrogen-bond acceptors (Lipinski definition) is 0. The van der Waals surface area contributed by atoms with E-state index in [0.29, 0.717) is 0 Å². The minimum absolute atomic E-state index is 0. The fourth-order valence-corrected chi connectivity index (χ4v) is 3.08. The number of rotatable bonds is 1. The van der Waals surface area contributed by atoms with Crippen LogP contribution in [0.1, 0.15) is 5.56 Å². The van der Waals surface area contributed by atoms with Crippen LogP contribution in [0.5, 0.6) is 0 Å². The molecule has 0 nitrogen and oxygen atoms in total. The molecule has 9 heteroatoms. The third-order valence-electron chi connectivity index (χ3n) is 2.34. The molecule has 0 aliphatic rings. The number of hydrogen-bond donors (Lipinski definition) is 0. The van der Waals surface area contributed by atoms with E-state index in [1.165, 1.54) is 5.19 Å². The van der Waals surface area contributed by atoms with Crippen molar-refractivity contribution in [2.75, 3.05) is 0 Å². The van der Waals surface area contributed by atoms with Crippen LogP contribution in [-0.2, 0) is 16.8 Å². The Hall–Kier alpha value is -1.01. The summed E-state index contributed by atoms with van der Waals surface area (Å²) < 4.78 is 59.2. The predicted molar refractivity (Wildman–Crippen MR) is 88.6 cm³/mol. The van der Waals surface area contributed by atoms with Gasteiger partial charge in [0.05, 0.1) is 8.07 Å². The molecule has 2 rings (SSSR count). The summed E-state index contributed by atoms with van der Waals surface area (Å²) in [6.45, 7) is 6.93. The van der Waals surface area contributed by atoms with Crippen molar-refractivity contribution in [2.45, 2.75) is 19.6 Å². The summed E-state index contributed by atoms with van der Waals surface area (Å²) in [5, 5.41) is 1.40. The zero-order chi connectivity index (χ0) is 18.4. The van der Waals surface area contributed by atoms with Gasteiger partial charge >= 0.3 is 33.0 Å². The minimum Gasteiger partial charge on any atom is -0.748 e. The Morgan fingerprint density at radius 3 is 1.50 bits per heavy atom. The summed E-state index contributed by atoms with van der Waals surface area (Å²) in [7, 11) is -11.8. The Bertz CT molecular complexity index is 601. The monoisotopic (exact) mass is 430 g/mol. The van der Waals surface area contributed by atoms with Crippen LogP contribution in [0.3, 0.4) is 0 Å². The summed E-state index contributed by atoms with van der Waals surface area (Å²) in [6, 6.07) is 16.2. The van der Waals surface area contributed by atoms with E-state index in [2.05, 4.69) is 31.6 Å². The van der Waals surface area contributed by atoms with Crippen LogP contribution in [0.4, 0.5) is 25.2 Å². The first-order valence-corrected chi connectivity index (χ1v) is 12.0. The first kappa shape index (κ1) is 25.2. The first-order valence-electron chi connectivity index (χ1n) is 6.46. The van der Waals surface area contributed by atoms with Crippen molar-refractivity contribution in [3.8, 4) is 12.3 Å². The van der Waals surface area contributed by atoms with Crippen LogP contribution >= 0.6 is 7.81 Å². The molecule has 0 unspecified atom stereocenters. The molecule has 2 aromatic rings. The van der Waals surface area contributed by atoms with Gasteiger partial charge in [0, 0.05) is 16.8 Å². The summed E-state index contributed by atoms with van der Waals surface area (Å²) in [4.78, 5) is 0. The Kier molecular flexibility index (Phi) is 8.32. The van der Waals surface area contributed by atoms with Gasteiger partial charge in [-0.25, -0.2) is 6.42 Å². The van der Waals surface area contributed by atoms with Gasteiger partial charge in [0.1, 0.15) is 0 Å². The maximum atomic E-state index is 9.87.